The first-order valence-corrected chi connectivity index (χ1v) is 6.50. The largest absolute Gasteiger partial charge is 0.375 e. The molecule has 1 aromatic heterocycles. The molecule has 0 radical (unpaired) electrons. The van der Waals surface area contributed by atoms with Crippen LogP contribution in [0.15, 0.2) is 24.3 Å². The third-order valence-corrected chi connectivity index (χ3v) is 3.93. The van der Waals surface area contributed by atoms with Crippen molar-refractivity contribution >= 4 is 27.4 Å². The molecule has 0 bridgehead atoms. The Morgan fingerprint density at radius 2 is 2.38 bits per heavy atom. The number of rotatable bonds is 3. The first kappa shape index (κ1) is 10.1. The van der Waals surface area contributed by atoms with Crippen molar-refractivity contribution in [1.29, 1.82) is 0 Å². The molecule has 1 aliphatic rings. The Hall–Kier alpha value is -1.13. The van der Waals surface area contributed by atoms with Crippen molar-refractivity contribution in [2.45, 2.75) is 6.42 Å². The standard InChI is InChI=1S/C12H15N3S/c1-2-4-11-10(3-1)12(16-15-11)14-8-9-5-6-13-7-9/h1-4,9,13-14H,5-8H2. The van der Waals surface area contributed by atoms with Gasteiger partial charge in [-0.05, 0) is 49.1 Å². The number of anilines is 1. The minimum Gasteiger partial charge on any atom is -0.375 e. The zero-order valence-electron chi connectivity index (χ0n) is 9.07. The van der Waals surface area contributed by atoms with Crippen LogP contribution in [-0.4, -0.2) is 24.0 Å². The molecule has 1 aromatic carbocycles. The Bertz CT molecular complexity index is 474. The maximum Gasteiger partial charge on any atom is 0.117 e. The Balaban J connectivity index is 1.73. The van der Waals surface area contributed by atoms with Gasteiger partial charge in [0.15, 0.2) is 0 Å². The monoisotopic (exact) mass is 233 g/mol. The summed E-state index contributed by atoms with van der Waals surface area (Å²) in [4.78, 5) is 0. The Labute approximate surface area is 99.0 Å². The number of nitrogens with one attached hydrogen (secondary N) is 2. The third kappa shape index (κ3) is 1.90. The molecular formula is C12H15N3S. The summed E-state index contributed by atoms with van der Waals surface area (Å²) in [5.41, 5.74) is 1.10. The lowest BCUT2D eigenvalue weighted by Crippen LogP contribution is -2.16. The second-order valence-electron chi connectivity index (χ2n) is 4.27. The first-order valence-electron chi connectivity index (χ1n) is 5.72. The number of benzene rings is 1. The van der Waals surface area contributed by atoms with Crippen LogP contribution in [0.1, 0.15) is 6.42 Å². The predicted molar refractivity (Wildman–Crippen MR) is 69.1 cm³/mol. The van der Waals surface area contributed by atoms with Crippen molar-refractivity contribution in [1.82, 2.24) is 9.69 Å². The highest BCUT2D eigenvalue weighted by Crippen LogP contribution is 2.27. The van der Waals surface area contributed by atoms with Crippen LogP contribution in [0.25, 0.3) is 10.9 Å². The van der Waals surface area contributed by atoms with Gasteiger partial charge in [-0.15, -0.1) is 0 Å². The van der Waals surface area contributed by atoms with Crippen molar-refractivity contribution in [2.24, 2.45) is 5.92 Å². The summed E-state index contributed by atoms with van der Waals surface area (Å²) in [5, 5.41) is 9.37. The summed E-state index contributed by atoms with van der Waals surface area (Å²) in [6, 6.07) is 8.30. The average molecular weight is 233 g/mol. The maximum absolute atomic E-state index is 4.43. The van der Waals surface area contributed by atoms with Crippen LogP contribution >= 0.6 is 11.5 Å². The van der Waals surface area contributed by atoms with Crippen LogP contribution in [0.2, 0.25) is 0 Å². The molecule has 2 aromatic rings. The van der Waals surface area contributed by atoms with Crippen LogP contribution in [0.3, 0.4) is 0 Å². The van der Waals surface area contributed by atoms with Gasteiger partial charge in [0.2, 0.25) is 0 Å². The van der Waals surface area contributed by atoms with Gasteiger partial charge in [0.25, 0.3) is 0 Å². The van der Waals surface area contributed by atoms with Crippen LogP contribution < -0.4 is 10.6 Å². The van der Waals surface area contributed by atoms with Crippen molar-refractivity contribution in [3.05, 3.63) is 24.3 Å². The minimum absolute atomic E-state index is 0.765. The van der Waals surface area contributed by atoms with Crippen LogP contribution in [0, 0.1) is 5.92 Å². The number of fused-ring (bicyclic) bond motifs is 1. The average Bonchev–Trinajstić information content (AvgIpc) is 2.96. The molecule has 84 valence electrons. The van der Waals surface area contributed by atoms with E-state index in [-0.39, 0.29) is 0 Å². The van der Waals surface area contributed by atoms with Crippen LogP contribution in [0.4, 0.5) is 5.00 Å². The molecule has 1 fully saturated rings. The highest BCUT2D eigenvalue weighted by atomic mass is 32.1. The summed E-state index contributed by atoms with van der Waals surface area (Å²) in [6.45, 7) is 3.36. The van der Waals surface area contributed by atoms with Gasteiger partial charge >= 0.3 is 0 Å². The van der Waals surface area contributed by atoms with Crippen molar-refractivity contribution in [2.75, 3.05) is 25.0 Å². The van der Waals surface area contributed by atoms with E-state index in [9.17, 15) is 0 Å². The molecule has 1 saturated heterocycles. The Morgan fingerprint density at radius 3 is 3.25 bits per heavy atom. The fraction of sp³-hybridized carbons (Fsp3) is 0.417. The number of hydrogen-bond acceptors (Lipinski definition) is 4. The molecule has 1 unspecified atom stereocenters. The van der Waals surface area contributed by atoms with Gasteiger partial charge in [0, 0.05) is 11.9 Å². The van der Waals surface area contributed by atoms with Crippen molar-refractivity contribution in [3.63, 3.8) is 0 Å². The van der Waals surface area contributed by atoms with Gasteiger partial charge in [-0.25, -0.2) is 0 Å². The topological polar surface area (TPSA) is 37.0 Å². The van der Waals surface area contributed by atoms with E-state index in [4.69, 9.17) is 0 Å². The fourth-order valence-electron chi connectivity index (χ4n) is 2.14. The lowest BCUT2D eigenvalue weighted by Gasteiger charge is -2.09. The van der Waals surface area contributed by atoms with Gasteiger partial charge in [-0.2, -0.15) is 4.37 Å². The summed E-state index contributed by atoms with van der Waals surface area (Å²) in [7, 11) is 0. The molecule has 0 aliphatic carbocycles. The second-order valence-corrected chi connectivity index (χ2v) is 5.04. The van der Waals surface area contributed by atoms with E-state index >= 15 is 0 Å². The van der Waals surface area contributed by atoms with Gasteiger partial charge in [-0.3, -0.25) is 0 Å². The summed E-state index contributed by atoms with van der Waals surface area (Å²) >= 11 is 1.56. The van der Waals surface area contributed by atoms with E-state index in [2.05, 4.69) is 33.2 Å². The molecule has 1 aliphatic heterocycles. The molecule has 0 saturated carbocycles. The molecule has 0 spiro atoms. The van der Waals surface area contributed by atoms with E-state index in [1.54, 1.807) is 11.5 Å². The SMILES string of the molecule is c1ccc2c(NCC3CCNC3)snc2c1. The summed E-state index contributed by atoms with van der Waals surface area (Å²) in [5.74, 6) is 0.765. The van der Waals surface area contributed by atoms with Crippen molar-refractivity contribution < 1.29 is 0 Å². The van der Waals surface area contributed by atoms with E-state index < -0.39 is 0 Å². The lowest BCUT2D eigenvalue weighted by atomic mass is 10.1. The molecule has 3 nitrogen and oxygen atoms in total. The third-order valence-electron chi connectivity index (χ3n) is 3.10. The summed E-state index contributed by atoms with van der Waals surface area (Å²) in [6.07, 6.45) is 1.28. The molecule has 0 amide bonds. The van der Waals surface area contributed by atoms with E-state index in [0.29, 0.717) is 0 Å². The normalized spacial score (nSPS) is 20.4. The maximum atomic E-state index is 4.43. The van der Waals surface area contributed by atoms with Gasteiger partial charge in [-0.1, -0.05) is 12.1 Å². The molecule has 2 heterocycles. The quantitative estimate of drug-likeness (QED) is 0.854. The van der Waals surface area contributed by atoms with E-state index in [0.717, 1.165) is 31.1 Å². The fourth-order valence-corrected chi connectivity index (χ4v) is 2.91. The highest BCUT2D eigenvalue weighted by Gasteiger charge is 2.14. The number of aromatic nitrogens is 1. The molecule has 1 atom stereocenters. The van der Waals surface area contributed by atoms with Gasteiger partial charge < -0.3 is 10.6 Å². The predicted octanol–water partition coefficient (Wildman–Crippen LogP) is 2.32. The van der Waals surface area contributed by atoms with Gasteiger partial charge in [0.1, 0.15) is 5.00 Å². The number of nitrogens with zero attached hydrogens (tertiary/aromatic N) is 1. The lowest BCUT2D eigenvalue weighted by molar-refractivity contribution is 0.616. The molecule has 2 N–H and O–H groups in total. The zero-order chi connectivity index (χ0) is 10.8. The number of hydrogen-bond donors (Lipinski definition) is 2. The summed E-state index contributed by atoms with van der Waals surface area (Å²) < 4.78 is 4.43. The Morgan fingerprint density at radius 1 is 1.44 bits per heavy atom. The molecule has 3 rings (SSSR count). The molecule has 4 heteroatoms. The van der Waals surface area contributed by atoms with Crippen molar-refractivity contribution in [3.8, 4) is 0 Å². The Kier molecular flexibility index (Phi) is 2.76. The second kappa shape index (κ2) is 4.39. The van der Waals surface area contributed by atoms with Gasteiger partial charge in [0.05, 0.1) is 5.52 Å². The molecular weight excluding hydrogens is 218 g/mol. The first-order chi connectivity index (χ1) is 7.93. The van der Waals surface area contributed by atoms with Crippen LogP contribution in [0.5, 0.6) is 0 Å². The van der Waals surface area contributed by atoms with Crippen LogP contribution in [-0.2, 0) is 0 Å². The molecule has 16 heavy (non-hydrogen) atoms. The zero-order valence-corrected chi connectivity index (χ0v) is 9.89. The highest BCUT2D eigenvalue weighted by molar-refractivity contribution is 7.11. The smallest absolute Gasteiger partial charge is 0.117 e. The van der Waals surface area contributed by atoms with E-state index in [1.165, 1.54) is 16.8 Å². The minimum atomic E-state index is 0.765. The van der Waals surface area contributed by atoms with E-state index in [1.807, 2.05) is 6.07 Å².